The van der Waals surface area contributed by atoms with E-state index in [0.717, 1.165) is 25.6 Å². The van der Waals surface area contributed by atoms with Crippen molar-refractivity contribution in [3.05, 3.63) is 11.1 Å². The van der Waals surface area contributed by atoms with Gasteiger partial charge in [-0.25, -0.2) is 14.6 Å². The molecule has 0 unspecified atom stereocenters. The molecule has 164 valence electrons. The molecule has 0 aromatic carbocycles. The number of esters is 2. The molecule has 2 heterocycles. The molecule has 17 heteroatoms. The molecule has 4 N–H and O–H groups in total. The van der Waals surface area contributed by atoms with Crippen molar-refractivity contribution >= 4 is 56.2 Å². The number of nitrogens with one attached hydrogen (secondary N) is 1. The van der Waals surface area contributed by atoms with Crippen molar-refractivity contribution in [2.75, 3.05) is 26.6 Å². The maximum Gasteiger partial charge on any atom is 0.363 e. The Kier molecular flexibility index (Phi) is 6.90. The van der Waals surface area contributed by atoms with Crippen molar-refractivity contribution in [2.24, 2.45) is 5.16 Å². The number of hydrogen-bond donors (Lipinski definition) is 3. The Morgan fingerprint density at radius 2 is 2.03 bits per heavy atom. The molecule has 1 aromatic rings. The number of thiazole rings is 1. The molecule has 1 aliphatic rings. The van der Waals surface area contributed by atoms with Crippen LogP contribution in [0.25, 0.3) is 0 Å². The number of anilines is 1. The highest BCUT2D eigenvalue weighted by Crippen LogP contribution is 2.25. The number of methoxy groups -OCH3 is 2. The van der Waals surface area contributed by atoms with E-state index in [2.05, 4.69) is 24.9 Å². The first-order valence-corrected chi connectivity index (χ1v) is 9.96. The molecular formula is C13H15N5O10S2. The number of rotatable bonds is 8. The molecule has 0 spiro atoms. The minimum Gasteiger partial charge on any atom is -0.467 e. The standard InChI is InChI=1S/C13H15N5O10S2/c1-26-6(19)3-28-17-7(5-4-29-13(14)15-5)10(20)16-8-9(12(22)27-2)18(11(8)21)30(23,24)25/h4,8-9H,3H2,1-2H3,(H2,14,15)(H,16,20)(H,23,24,25)/t8-,9-/m0/s1. The molecule has 1 aromatic heterocycles. The number of carbonyl (C=O) groups is 4. The summed E-state index contributed by atoms with van der Waals surface area (Å²) in [5, 5.41) is 6.94. The molecular weight excluding hydrogens is 450 g/mol. The third kappa shape index (κ3) is 4.81. The van der Waals surface area contributed by atoms with E-state index in [1.54, 1.807) is 0 Å². The van der Waals surface area contributed by atoms with Crippen molar-refractivity contribution < 1.29 is 46.5 Å². The largest absolute Gasteiger partial charge is 0.467 e. The van der Waals surface area contributed by atoms with Gasteiger partial charge in [-0.05, 0) is 0 Å². The van der Waals surface area contributed by atoms with E-state index in [9.17, 15) is 27.6 Å². The van der Waals surface area contributed by atoms with Gasteiger partial charge in [0.05, 0.1) is 14.2 Å². The van der Waals surface area contributed by atoms with Gasteiger partial charge in [-0.15, -0.1) is 11.3 Å². The van der Waals surface area contributed by atoms with Crippen LogP contribution in [0.1, 0.15) is 5.69 Å². The van der Waals surface area contributed by atoms with Gasteiger partial charge in [-0.2, -0.15) is 12.7 Å². The maximum absolute atomic E-state index is 12.6. The maximum atomic E-state index is 12.6. The van der Waals surface area contributed by atoms with E-state index in [-0.39, 0.29) is 15.1 Å². The Bertz CT molecular complexity index is 1000. The Balaban J connectivity index is 2.27. The zero-order valence-electron chi connectivity index (χ0n) is 15.3. The summed E-state index contributed by atoms with van der Waals surface area (Å²) < 4.78 is 40.3. The second kappa shape index (κ2) is 9.01. The van der Waals surface area contributed by atoms with Crippen molar-refractivity contribution in [1.82, 2.24) is 14.6 Å². The van der Waals surface area contributed by atoms with Gasteiger partial charge in [0, 0.05) is 5.38 Å². The van der Waals surface area contributed by atoms with Crippen molar-refractivity contribution in [1.29, 1.82) is 0 Å². The van der Waals surface area contributed by atoms with Crippen LogP contribution in [0, 0.1) is 0 Å². The van der Waals surface area contributed by atoms with Crippen LogP contribution in [0.3, 0.4) is 0 Å². The SMILES string of the molecule is COC(=O)CON=C(C(=O)N[C@@H]1C(=O)N(S(=O)(=O)O)[C@@H]1C(=O)OC)c1csc(N)n1. The Labute approximate surface area is 172 Å². The highest BCUT2D eigenvalue weighted by atomic mass is 32.2. The van der Waals surface area contributed by atoms with Crippen LogP contribution in [0.4, 0.5) is 5.13 Å². The number of amides is 2. The van der Waals surface area contributed by atoms with Gasteiger partial charge in [-0.1, -0.05) is 5.16 Å². The minimum atomic E-state index is -5.09. The number of nitrogens with zero attached hydrogens (tertiary/aromatic N) is 3. The molecule has 0 saturated carbocycles. The molecule has 0 radical (unpaired) electrons. The average Bonchev–Trinajstić information content (AvgIpc) is 3.10. The molecule has 2 amide bonds. The van der Waals surface area contributed by atoms with Gasteiger partial charge < -0.3 is 25.4 Å². The van der Waals surface area contributed by atoms with Gasteiger partial charge >= 0.3 is 22.2 Å². The lowest BCUT2D eigenvalue weighted by atomic mass is 9.98. The number of nitrogen functional groups attached to an aromatic ring is 1. The predicted molar refractivity (Wildman–Crippen MR) is 97.2 cm³/mol. The van der Waals surface area contributed by atoms with Crippen LogP contribution in [-0.4, -0.2) is 84.6 Å². The first kappa shape index (κ1) is 23.0. The summed E-state index contributed by atoms with van der Waals surface area (Å²) in [4.78, 5) is 56.2. The third-order valence-electron chi connectivity index (χ3n) is 3.58. The summed E-state index contributed by atoms with van der Waals surface area (Å²) >= 11 is 0.943. The monoisotopic (exact) mass is 465 g/mol. The summed E-state index contributed by atoms with van der Waals surface area (Å²) in [6, 6.07) is -3.55. The van der Waals surface area contributed by atoms with Gasteiger partial charge in [-0.3, -0.25) is 14.1 Å². The Morgan fingerprint density at radius 3 is 2.53 bits per heavy atom. The first-order valence-electron chi connectivity index (χ1n) is 7.68. The van der Waals surface area contributed by atoms with E-state index in [1.807, 2.05) is 0 Å². The molecule has 1 fully saturated rings. The van der Waals surface area contributed by atoms with Crippen molar-refractivity contribution in [3.63, 3.8) is 0 Å². The van der Waals surface area contributed by atoms with E-state index >= 15 is 0 Å². The van der Waals surface area contributed by atoms with E-state index < -0.39 is 58.5 Å². The number of aromatic nitrogens is 1. The molecule has 2 atom stereocenters. The van der Waals surface area contributed by atoms with Crippen molar-refractivity contribution in [2.45, 2.75) is 12.1 Å². The number of ether oxygens (including phenoxy) is 2. The highest BCUT2D eigenvalue weighted by Gasteiger charge is 2.58. The quantitative estimate of drug-likeness (QED) is 0.117. The number of nitrogens with two attached hydrogens (primary N) is 1. The Morgan fingerprint density at radius 1 is 1.37 bits per heavy atom. The minimum absolute atomic E-state index is 0.0585. The number of β-lactam (4-membered cyclic amide) rings is 1. The topological polar surface area (TPSA) is 217 Å². The van der Waals surface area contributed by atoms with Gasteiger partial charge in [0.1, 0.15) is 11.7 Å². The fourth-order valence-electron chi connectivity index (χ4n) is 2.23. The fourth-order valence-corrected chi connectivity index (χ4v) is 3.62. The third-order valence-corrected chi connectivity index (χ3v) is 5.15. The molecule has 2 rings (SSSR count). The summed E-state index contributed by atoms with van der Waals surface area (Å²) in [6.07, 6.45) is 0. The van der Waals surface area contributed by atoms with Gasteiger partial charge in [0.2, 0.25) is 6.61 Å². The molecule has 15 nitrogen and oxygen atoms in total. The van der Waals surface area contributed by atoms with Gasteiger partial charge in [0.25, 0.3) is 11.8 Å². The second-order valence-electron chi connectivity index (χ2n) is 5.39. The van der Waals surface area contributed by atoms with Crippen LogP contribution in [0.2, 0.25) is 0 Å². The zero-order valence-corrected chi connectivity index (χ0v) is 16.9. The number of carbonyl (C=O) groups excluding carboxylic acids is 4. The zero-order chi connectivity index (χ0) is 22.6. The van der Waals surface area contributed by atoms with E-state index in [1.165, 1.54) is 5.38 Å². The smallest absolute Gasteiger partial charge is 0.363 e. The van der Waals surface area contributed by atoms with Crippen LogP contribution >= 0.6 is 11.3 Å². The average molecular weight is 465 g/mol. The molecule has 0 bridgehead atoms. The molecule has 0 aliphatic carbocycles. The summed E-state index contributed by atoms with van der Waals surface area (Å²) in [5.41, 5.74) is 4.89. The molecule has 1 aliphatic heterocycles. The summed E-state index contributed by atoms with van der Waals surface area (Å²) in [6.45, 7) is -0.656. The van der Waals surface area contributed by atoms with Crippen molar-refractivity contribution in [3.8, 4) is 0 Å². The van der Waals surface area contributed by atoms with Crippen LogP contribution < -0.4 is 11.1 Å². The highest BCUT2D eigenvalue weighted by molar-refractivity contribution is 7.84. The lowest BCUT2D eigenvalue weighted by Crippen LogP contribution is -2.74. The second-order valence-corrected chi connectivity index (χ2v) is 7.57. The Hall–Kier alpha value is -3.31. The number of oxime groups is 1. The van der Waals surface area contributed by atoms with E-state index in [0.29, 0.717) is 0 Å². The molecule has 30 heavy (non-hydrogen) atoms. The summed E-state index contributed by atoms with van der Waals surface area (Å²) in [5.74, 6) is -4.43. The van der Waals surface area contributed by atoms with Gasteiger partial charge in [0.15, 0.2) is 16.9 Å². The van der Waals surface area contributed by atoms with Crippen LogP contribution in [0.5, 0.6) is 0 Å². The van der Waals surface area contributed by atoms with Crippen LogP contribution in [0.15, 0.2) is 10.5 Å². The van der Waals surface area contributed by atoms with E-state index in [4.69, 9.17) is 15.1 Å². The predicted octanol–water partition coefficient (Wildman–Crippen LogP) is -2.71. The summed E-state index contributed by atoms with van der Waals surface area (Å²) in [7, 11) is -3.07. The van der Waals surface area contributed by atoms with Crippen LogP contribution in [-0.2, 0) is 43.8 Å². The normalized spacial score (nSPS) is 19.0. The molecule has 1 saturated heterocycles. The fraction of sp³-hybridized carbons (Fsp3) is 0.385. The lowest BCUT2D eigenvalue weighted by Gasteiger charge is -2.41. The lowest BCUT2D eigenvalue weighted by molar-refractivity contribution is -0.162. The number of hydrogen-bond acceptors (Lipinski definition) is 13. The first-order chi connectivity index (χ1) is 14.0.